The van der Waals surface area contributed by atoms with Crippen molar-refractivity contribution in [2.24, 2.45) is 0 Å². The van der Waals surface area contributed by atoms with Gasteiger partial charge in [-0.1, -0.05) is 256 Å². The predicted molar refractivity (Wildman–Crippen MR) is 405 cm³/mol. The van der Waals surface area contributed by atoms with E-state index in [1.165, 1.54) is 94.6 Å². The molecule has 94 heavy (non-hydrogen) atoms. The van der Waals surface area contributed by atoms with E-state index in [-0.39, 0.29) is 39.3 Å². The number of benzene rings is 11. The number of hydrogen-bond acceptors (Lipinski definition) is 4. The molecule has 0 fully saturated rings. The third-order valence-corrected chi connectivity index (χ3v) is 20.8. The molecule has 0 amide bonds. The molecule has 14 rings (SSSR count). The van der Waals surface area contributed by atoms with E-state index in [2.05, 4.69) is 380 Å². The van der Waals surface area contributed by atoms with E-state index in [1.54, 1.807) is 0 Å². The molecule has 0 N–H and O–H groups in total. The van der Waals surface area contributed by atoms with Crippen molar-refractivity contribution in [3.63, 3.8) is 0 Å². The van der Waals surface area contributed by atoms with Crippen LogP contribution in [0.1, 0.15) is 161 Å². The first-order valence-corrected chi connectivity index (χ1v) is 34.0. The average molecular weight is 1230 g/mol. The lowest BCUT2D eigenvalue weighted by Crippen LogP contribution is -2.62. The molecule has 0 unspecified atom stereocenters. The van der Waals surface area contributed by atoms with Gasteiger partial charge in [0.15, 0.2) is 0 Å². The van der Waals surface area contributed by atoms with Gasteiger partial charge in [-0.05, 0) is 198 Å². The molecule has 0 aromatic heterocycles. The van der Waals surface area contributed by atoms with Gasteiger partial charge in [-0.3, -0.25) is 0 Å². The summed E-state index contributed by atoms with van der Waals surface area (Å²) in [6, 6.07) is 93.3. The molecule has 5 heteroatoms. The number of anilines is 11. The van der Waals surface area contributed by atoms with E-state index >= 15 is 0 Å². The molecule has 1 aliphatic carbocycles. The number of rotatable bonds is 9. The number of para-hydroxylation sites is 2. The van der Waals surface area contributed by atoms with Crippen molar-refractivity contribution in [2.75, 3.05) is 19.5 Å². The lowest BCUT2D eigenvalue weighted by molar-refractivity contribution is 0.521. The number of aryl methyl sites for hydroxylation is 1. The highest BCUT2D eigenvalue weighted by molar-refractivity contribution is 6.93. The minimum atomic E-state index is -0.335. The molecule has 2 aliphatic heterocycles. The third kappa shape index (κ3) is 10.5. The second-order valence-electron chi connectivity index (χ2n) is 32.0. The molecule has 0 bridgehead atoms. The number of fused-ring (bicyclic) bond motifs is 6. The first-order chi connectivity index (χ1) is 44.6. The van der Waals surface area contributed by atoms with Crippen LogP contribution < -0.4 is 30.4 Å². The van der Waals surface area contributed by atoms with Gasteiger partial charge in [0.1, 0.15) is 0 Å². The van der Waals surface area contributed by atoms with Crippen LogP contribution >= 0.6 is 0 Å². The van der Waals surface area contributed by atoms with Gasteiger partial charge < -0.3 is 19.5 Å². The van der Waals surface area contributed by atoms with Crippen molar-refractivity contribution in [1.82, 2.24) is 0 Å². The summed E-state index contributed by atoms with van der Waals surface area (Å²) in [4.78, 5) is 10.4. The van der Waals surface area contributed by atoms with E-state index < -0.39 is 0 Å². The van der Waals surface area contributed by atoms with Gasteiger partial charge in [0.25, 0.3) is 0 Å². The Kier molecular flexibility index (Phi) is 14.8. The van der Waals surface area contributed by atoms with E-state index in [0.717, 1.165) is 51.2 Å². The summed E-state index contributed by atoms with van der Waals surface area (Å²) >= 11 is 0. The summed E-state index contributed by atoms with van der Waals surface area (Å²) in [7, 11) is 0. The molecular formula is C89H91BN4. The first-order valence-electron chi connectivity index (χ1n) is 34.0. The van der Waals surface area contributed by atoms with Gasteiger partial charge in [0.2, 0.25) is 0 Å². The lowest BCUT2D eigenvalue weighted by Gasteiger charge is -2.49. The maximum absolute atomic E-state index is 2.76. The molecule has 2 heterocycles. The van der Waals surface area contributed by atoms with Crippen molar-refractivity contribution in [1.29, 1.82) is 0 Å². The molecule has 4 nitrogen and oxygen atoms in total. The molecule has 0 atom stereocenters. The standard InChI is InChI=1S/C89H91BN4/c1-58-51-62(86(8,9)10)41-49-78(58)94-80-54-68(91(66-43-37-60(38-44-66)84(2,3)4)67-45-39-61(40-46-67)85(5,6)7)47-48-70(80)72-53-69(92(64-31-23-19-24-32-64)65-33-25-20-26-34-65)55-82-83(72)90(94)77-56-75-76(89(16,17)74-36-28-27-35-73(74)88(75,14)15)57-81(77)93(82)79-50-42-63(87(11,12)13)52-71(79)59-29-21-18-22-30-59/h18-57H,1-17H3. The Labute approximate surface area is 561 Å². The quantitative estimate of drug-likeness (QED) is 0.134. The van der Waals surface area contributed by atoms with Crippen LogP contribution in [0.5, 0.6) is 0 Å². The van der Waals surface area contributed by atoms with Gasteiger partial charge in [-0.15, -0.1) is 0 Å². The largest absolute Gasteiger partial charge is 0.376 e. The molecule has 470 valence electrons. The fourth-order valence-electron chi connectivity index (χ4n) is 15.4. The SMILES string of the molecule is Cc1cc(C(C)(C)C)ccc1N1B2c3cc4c(cc3N(c3ccc(C(C)(C)C)cc3-c3ccccc3)c3cc(N(c5ccccc5)c5ccccc5)cc(c32)-c2ccc(N(c3ccc(C(C)(C)C)cc3)c3ccc(C(C)(C)C)cc3)cc21)C(C)(C)c1ccccc1C4(C)C. The average Bonchev–Trinajstić information content (AvgIpc) is 0.681. The fourth-order valence-corrected chi connectivity index (χ4v) is 15.4. The maximum Gasteiger partial charge on any atom is 0.333 e. The summed E-state index contributed by atoms with van der Waals surface area (Å²) in [5, 5.41) is 0. The Morgan fingerprint density at radius 3 is 1.24 bits per heavy atom. The number of hydrogen-bond donors (Lipinski definition) is 0. The molecule has 3 aliphatic rings. The minimum absolute atomic E-state index is 0.00933. The molecule has 0 saturated heterocycles. The number of nitrogens with zero attached hydrogens (tertiary/aromatic N) is 4. The molecular weight excluding hydrogens is 1140 g/mol. The Bertz CT molecular complexity index is 4610. The van der Waals surface area contributed by atoms with E-state index in [1.807, 2.05) is 0 Å². The Morgan fingerprint density at radius 1 is 0.309 bits per heavy atom. The highest BCUT2D eigenvalue weighted by atomic mass is 15.2. The fraction of sp³-hybridized carbons (Fsp3) is 0.258. The van der Waals surface area contributed by atoms with Crippen LogP contribution in [0.25, 0.3) is 22.3 Å². The Balaban J connectivity index is 1.15. The van der Waals surface area contributed by atoms with Gasteiger partial charge in [-0.2, -0.15) is 0 Å². The summed E-state index contributed by atoms with van der Waals surface area (Å²) in [5.74, 6) is 0. The van der Waals surface area contributed by atoms with Crippen LogP contribution in [0.2, 0.25) is 0 Å². The van der Waals surface area contributed by atoms with Crippen LogP contribution in [0.15, 0.2) is 243 Å². The van der Waals surface area contributed by atoms with Crippen molar-refractivity contribution >= 4 is 80.3 Å². The minimum Gasteiger partial charge on any atom is -0.376 e. The Hall–Kier alpha value is -9.32. The van der Waals surface area contributed by atoms with Crippen molar-refractivity contribution in [3.8, 4) is 22.3 Å². The van der Waals surface area contributed by atoms with Gasteiger partial charge in [-0.25, -0.2) is 0 Å². The molecule has 11 aromatic rings. The van der Waals surface area contributed by atoms with Crippen LogP contribution in [-0.2, 0) is 32.5 Å². The molecule has 0 radical (unpaired) electrons. The van der Waals surface area contributed by atoms with Crippen molar-refractivity contribution in [2.45, 2.75) is 150 Å². The summed E-state index contributed by atoms with van der Waals surface area (Å²) < 4.78 is 0. The van der Waals surface area contributed by atoms with E-state index in [9.17, 15) is 0 Å². The van der Waals surface area contributed by atoms with Gasteiger partial charge in [0, 0.05) is 78.8 Å². The highest BCUT2D eigenvalue weighted by Gasteiger charge is 2.50. The van der Waals surface area contributed by atoms with E-state index in [4.69, 9.17) is 0 Å². The first kappa shape index (κ1) is 62.2. The molecule has 0 saturated carbocycles. The maximum atomic E-state index is 2.76. The van der Waals surface area contributed by atoms with Crippen molar-refractivity contribution < 1.29 is 0 Å². The Morgan fingerprint density at radius 2 is 0.734 bits per heavy atom. The lowest BCUT2D eigenvalue weighted by atomic mass is 9.42. The van der Waals surface area contributed by atoms with Crippen LogP contribution in [-0.4, -0.2) is 6.85 Å². The zero-order chi connectivity index (χ0) is 66.2. The van der Waals surface area contributed by atoms with Crippen LogP contribution in [0.4, 0.5) is 62.6 Å². The zero-order valence-corrected chi connectivity index (χ0v) is 58.5. The second kappa shape index (κ2) is 22.4. The summed E-state index contributed by atoms with van der Waals surface area (Å²) in [5.41, 5.74) is 30.7. The second-order valence-corrected chi connectivity index (χ2v) is 32.0. The monoisotopic (exact) mass is 1230 g/mol. The topological polar surface area (TPSA) is 13.0 Å². The molecule has 0 spiro atoms. The summed E-state index contributed by atoms with van der Waals surface area (Å²) in [6.07, 6.45) is 0. The van der Waals surface area contributed by atoms with Crippen LogP contribution in [0.3, 0.4) is 0 Å². The van der Waals surface area contributed by atoms with Gasteiger partial charge in [0.05, 0.1) is 5.69 Å². The smallest absolute Gasteiger partial charge is 0.333 e. The zero-order valence-electron chi connectivity index (χ0n) is 58.5. The molecule has 11 aromatic carbocycles. The van der Waals surface area contributed by atoms with Crippen molar-refractivity contribution in [3.05, 3.63) is 293 Å². The highest BCUT2D eigenvalue weighted by Crippen LogP contribution is 2.57. The van der Waals surface area contributed by atoms with Crippen LogP contribution in [0, 0.1) is 6.92 Å². The summed E-state index contributed by atoms with van der Waals surface area (Å²) in [6.45, 7) is 39.7. The predicted octanol–water partition coefficient (Wildman–Crippen LogP) is 23.5. The van der Waals surface area contributed by atoms with Gasteiger partial charge >= 0.3 is 6.85 Å². The van der Waals surface area contributed by atoms with E-state index in [0.29, 0.717) is 0 Å². The normalized spacial score (nSPS) is 14.5. The third-order valence-electron chi connectivity index (χ3n) is 20.8.